The van der Waals surface area contributed by atoms with Gasteiger partial charge in [-0.3, -0.25) is 4.90 Å². The first-order valence-electron chi connectivity index (χ1n) is 6.79. The second-order valence-electron chi connectivity index (χ2n) is 5.49. The summed E-state index contributed by atoms with van der Waals surface area (Å²) >= 11 is 0. The molecule has 0 amide bonds. The maximum Gasteiger partial charge on any atom is 0.0499 e. The Morgan fingerprint density at radius 3 is 2.72 bits per heavy atom. The fourth-order valence-electron chi connectivity index (χ4n) is 3.00. The lowest BCUT2D eigenvalue weighted by Gasteiger charge is -2.32. The van der Waals surface area contributed by atoms with Crippen LogP contribution >= 0.6 is 0 Å². The van der Waals surface area contributed by atoms with Crippen molar-refractivity contribution in [2.75, 3.05) is 19.7 Å². The van der Waals surface area contributed by atoms with Crippen LogP contribution in [0.5, 0.6) is 0 Å². The first kappa shape index (κ1) is 13.5. The van der Waals surface area contributed by atoms with Gasteiger partial charge in [-0.05, 0) is 43.9 Å². The number of likely N-dealkylation sites (tertiary alicyclic amines) is 1. The number of aryl methyl sites for hydroxylation is 1. The number of rotatable bonds is 4. The van der Waals surface area contributed by atoms with E-state index in [2.05, 4.69) is 43.0 Å². The molecule has 1 heterocycles. The molecule has 0 bridgehead atoms. The van der Waals surface area contributed by atoms with Crippen LogP contribution in [-0.4, -0.2) is 35.7 Å². The molecule has 18 heavy (non-hydrogen) atoms. The third kappa shape index (κ3) is 2.74. The molecule has 1 aliphatic heterocycles. The minimum absolute atomic E-state index is 0.101. The van der Waals surface area contributed by atoms with Gasteiger partial charge in [0.15, 0.2) is 0 Å². The molecule has 1 aromatic carbocycles. The zero-order valence-corrected chi connectivity index (χ0v) is 11.3. The summed E-state index contributed by atoms with van der Waals surface area (Å²) in [6, 6.07) is 8.83. The Labute approximate surface area is 110 Å². The van der Waals surface area contributed by atoms with Crippen molar-refractivity contribution in [1.82, 2.24) is 4.90 Å². The van der Waals surface area contributed by atoms with E-state index in [0.29, 0.717) is 5.92 Å². The number of benzene rings is 1. The molecule has 1 aromatic rings. The molecule has 0 spiro atoms. The van der Waals surface area contributed by atoms with Gasteiger partial charge in [0.2, 0.25) is 0 Å². The molecular weight excluding hydrogens is 224 g/mol. The van der Waals surface area contributed by atoms with E-state index in [-0.39, 0.29) is 18.7 Å². The molecule has 3 unspecified atom stereocenters. The average molecular weight is 248 g/mol. The lowest BCUT2D eigenvalue weighted by molar-refractivity contribution is 0.185. The van der Waals surface area contributed by atoms with Crippen LogP contribution in [-0.2, 0) is 0 Å². The first-order valence-corrected chi connectivity index (χ1v) is 6.79. The molecule has 3 N–H and O–H groups in total. The van der Waals surface area contributed by atoms with E-state index >= 15 is 0 Å². The van der Waals surface area contributed by atoms with Gasteiger partial charge in [0.25, 0.3) is 0 Å². The van der Waals surface area contributed by atoms with Crippen LogP contribution in [0.2, 0.25) is 0 Å². The molecule has 100 valence electrons. The topological polar surface area (TPSA) is 49.5 Å². The van der Waals surface area contributed by atoms with Crippen molar-refractivity contribution in [3.05, 3.63) is 35.4 Å². The zero-order chi connectivity index (χ0) is 13.1. The normalized spacial score (nSPS) is 24.1. The van der Waals surface area contributed by atoms with Gasteiger partial charge in [-0.2, -0.15) is 0 Å². The highest BCUT2D eigenvalue weighted by molar-refractivity contribution is 5.30. The Hall–Kier alpha value is -0.900. The van der Waals surface area contributed by atoms with Crippen molar-refractivity contribution in [3.8, 4) is 0 Å². The highest BCUT2D eigenvalue weighted by Crippen LogP contribution is 2.31. The van der Waals surface area contributed by atoms with Crippen molar-refractivity contribution in [2.24, 2.45) is 11.7 Å². The Bertz CT molecular complexity index is 392. The monoisotopic (exact) mass is 248 g/mol. The van der Waals surface area contributed by atoms with E-state index in [1.165, 1.54) is 11.1 Å². The largest absolute Gasteiger partial charge is 0.396 e. The lowest BCUT2D eigenvalue weighted by Crippen LogP contribution is -2.38. The molecule has 3 heteroatoms. The molecule has 0 aliphatic carbocycles. The fourth-order valence-corrected chi connectivity index (χ4v) is 3.00. The Kier molecular flexibility index (Phi) is 4.38. The highest BCUT2D eigenvalue weighted by Gasteiger charge is 2.31. The van der Waals surface area contributed by atoms with Crippen molar-refractivity contribution in [1.29, 1.82) is 0 Å². The summed E-state index contributed by atoms with van der Waals surface area (Å²) < 4.78 is 0. The maximum absolute atomic E-state index is 9.27. The van der Waals surface area contributed by atoms with Gasteiger partial charge in [0.05, 0.1) is 0 Å². The van der Waals surface area contributed by atoms with Crippen LogP contribution in [0.25, 0.3) is 0 Å². The van der Waals surface area contributed by atoms with E-state index in [9.17, 15) is 5.11 Å². The zero-order valence-electron chi connectivity index (χ0n) is 11.3. The molecule has 2 rings (SSSR count). The third-order valence-electron chi connectivity index (χ3n) is 3.97. The predicted molar refractivity (Wildman–Crippen MR) is 74.3 cm³/mol. The molecule has 0 aromatic heterocycles. The molecule has 1 aliphatic rings. The second kappa shape index (κ2) is 5.83. The Balaban J connectivity index is 2.22. The van der Waals surface area contributed by atoms with Crippen molar-refractivity contribution >= 4 is 0 Å². The quantitative estimate of drug-likeness (QED) is 0.852. The SMILES string of the molecule is Cc1ccccc1C(C(C)N)N1CCC(CO)C1. The van der Waals surface area contributed by atoms with Crippen LogP contribution in [0.3, 0.4) is 0 Å². The summed E-state index contributed by atoms with van der Waals surface area (Å²) in [6.07, 6.45) is 1.08. The van der Waals surface area contributed by atoms with Gasteiger partial charge in [-0.25, -0.2) is 0 Å². The average Bonchev–Trinajstić information content (AvgIpc) is 2.80. The summed E-state index contributed by atoms with van der Waals surface area (Å²) in [5.41, 5.74) is 8.82. The van der Waals surface area contributed by atoms with Gasteiger partial charge >= 0.3 is 0 Å². The Morgan fingerprint density at radius 2 is 2.17 bits per heavy atom. The highest BCUT2D eigenvalue weighted by atomic mass is 16.3. The van der Waals surface area contributed by atoms with Gasteiger partial charge in [0.1, 0.15) is 0 Å². The number of aliphatic hydroxyl groups excluding tert-OH is 1. The number of aliphatic hydroxyl groups is 1. The second-order valence-corrected chi connectivity index (χ2v) is 5.49. The van der Waals surface area contributed by atoms with Gasteiger partial charge in [-0.1, -0.05) is 24.3 Å². The molecule has 3 nitrogen and oxygen atoms in total. The minimum Gasteiger partial charge on any atom is -0.396 e. The number of nitrogens with two attached hydrogens (primary N) is 1. The molecule has 1 fully saturated rings. The van der Waals surface area contributed by atoms with Gasteiger partial charge < -0.3 is 10.8 Å². The van der Waals surface area contributed by atoms with Crippen LogP contribution in [0.15, 0.2) is 24.3 Å². The van der Waals surface area contributed by atoms with Gasteiger partial charge in [0, 0.05) is 25.2 Å². The first-order chi connectivity index (χ1) is 8.63. The van der Waals surface area contributed by atoms with Crippen LogP contribution in [0, 0.1) is 12.8 Å². The lowest BCUT2D eigenvalue weighted by atomic mass is 9.95. The van der Waals surface area contributed by atoms with E-state index < -0.39 is 0 Å². The summed E-state index contributed by atoms with van der Waals surface area (Å²) in [5, 5.41) is 9.27. The summed E-state index contributed by atoms with van der Waals surface area (Å²) in [5.74, 6) is 0.412. The van der Waals surface area contributed by atoms with E-state index in [1.807, 2.05) is 0 Å². The molecular formula is C15H24N2O. The van der Waals surface area contributed by atoms with Crippen LogP contribution < -0.4 is 5.73 Å². The molecule has 3 atom stereocenters. The molecule has 1 saturated heterocycles. The van der Waals surface area contributed by atoms with Crippen molar-refractivity contribution in [3.63, 3.8) is 0 Å². The molecule has 0 radical (unpaired) electrons. The van der Waals surface area contributed by atoms with Crippen LogP contribution in [0.1, 0.15) is 30.5 Å². The smallest absolute Gasteiger partial charge is 0.0499 e. The summed E-state index contributed by atoms with van der Waals surface area (Å²) in [7, 11) is 0. The number of nitrogens with zero attached hydrogens (tertiary/aromatic N) is 1. The number of hydrogen-bond acceptors (Lipinski definition) is 3. The maximum atomic E-state index is 9.27. The van der Waals surface area contributed by atoms with Crippen LogP contribution in [0.4, 0.5) is 0 Å². The third-order valence-corrected chi connectivity index (χ3v) is 3.97. The summed E-state index contributed by atoms with van der Waals surface area (Å²) in [4.78, 5) is 2.42. The Morgan fingerprint density at radius 1 is 1.44 bits per heavy atom. The summed E-state index contributed by atoms with van der Waals surface area (Å²) in [6.45, 7) is 6.49. The van der Waals surface area contributed by atoms with E-state index in [4.69, 9.17) is 5.73 Å². The van der Waals surface area contributed by atoms with Crippen molar-refractivity contribution in [2.45, 2.75) is 32.4 Å². The minimum atomic E-state index is 0.101. The number of hydrogen-bond donors (Lipinski definition) is 2. The molecule has 0 saturated carbocycles. The predicted octanol–water partition coefficient (Wildman–Crippen LogP) is 1.70. The van der Waals surface area contributed by atoms with E-state index in [0.717, 1.165) is 19.5 Å². The van der Waals surface area contributed by atoms with E-state index in [1.54, 1.807) is 0 Å². The fraction of sp³-hybridized carbons (Fsp3) is 0.600. The standard InChI is InChI=1S/C15H24N2O/c1-11-5-3-4-6-14(11)15(12(2)16)17-8-7-13(9-17)10-18/h3-6,12-13,15,18H,7-10,16H2,1-2H3. The van der Waals surface area contributed by atoms with Gasteiger partial charge in [-0.15, -0.1) is 0 Å². The van der Waals surface area contributed by atoms with Crippen molar-refractivity contribution < 1.29 is 5.11 Å².